The van der Waals surface area contributed by atoms with Crippen LogP contribution >= 0.6 is 0 Å². The van der Waals surface area contributed by atoms with Crippen LogP contribution in [0.5, 0.6) is 0 Å². The number of carbonyl (C=O) groups is 2. The van der Waals surface area contributed by atoms with E-state index in [4.69, 9.17) is 4.74 Å². The summed E-state index contributed by atoms with van der Waals surface area (Å²) < 4.78 is 5.38. The van der Waals surface area contributed by atoms with Gasteiger partial charge in [-0.15, -0.1) is 0 Å². The summed E-state index contributed by atoms with van der Waals surface area (Å²) >= 11 is 0. The van der Waals surface area contributed by atoms with Crippen molar-refractivity contribution in [2.75, 3.05) is 0 Å². The van der Waals surface area contributed by atoms with E-state index in [2.05, 4.69) is 0 Å². The van der Waals surface area contributed by atoms with Gasteiger partial charge in [-0.2, -0.15) is 0 Å². The summed E-state index contributed by atoms with van der Waals surface area (Å²) in [5.74, 6) is 0.190. The van der Waals surface area contributed by atoms with Crippen molar-refractivity contribution in [3.8, 4) is 0 Å². The Balaban J connectivity index is 3.74. The molecule has 0 bridgehead atoms. The largest absolute Gasteiger partial charge is 0.462 e. The lowest BCUT2D eigenvalue weighted by atomic mass is 10.0. The Morgan fingerprint density at radius 2 is 1.71 bits per heavy atom. The molecule has 0 aromatic rings. The average molecular weight is 242 g/mol. The molecule has 17 heavy (non-hydrogen) atoms. The van der Waals surface area contributed by atoms with Crippen molar-refractivity contribution in [2.45, 2.75) is 72.3 Å². The lowest BCUT2D eigenvalue weighted by Crippen LogP contribution is -2.21. The highest BCUT2D eigenvalue weighted by Gasteiger charge is 2.18. The maximum Gasteiger partial charge on any atom is 0.309 e. The van der Waals surface area contributed by atoms with Crippen LogP contribution in [0.3, 0.4) is 0 Å². The Morgan fingerprint density at radius 1 is 1.12 bits per heavy atom. The van der Waals surface area contributed by atoms with E-state index in [1.54, 1.807) is 6.92 Å². The van der Waals surface area contributed by atoms with Crippen LogP contribution < -0.4 is 0 Å². The number of ether oxygens (including phenoxy) is 1. The molecule has 3 heteroatoms. The molecular weight excluding hydrogens is 216 g/mol. The third kappa shape index (κ3) is 7.94. The zero-order valence-corrected chi connectivity index (χ0v) is 11.6. The summed E-state index contributed by atoms with van der Waals surface area (Å²) in [6, 6.07) is 0. The van der Waals surface area contributed by atoms with Gasteiger partial charge in [0.05, 0.1) is 12.0 Å². The average Bonchev–Trinajstić information content (AvgIpc) is 2.25. The first-order valence-corrected chi connectivity index (χ1v) is 6.71. The van der Waals surface area contributed by atoms with E-state index in [1.165, 1.54) is 0 Å². The number of unbranched alkanes of at least 4 members (excludes halogenated alkanes) is 1. The molecule has 0 spiro atoms. The SMILES string of the molecule is CCC(CC)C(=O)OC(C)CCCCC(C)=O. The molecule has 0 saturated heterocycles. The highest BCUT2D eigenvalue weighted by atomic mass is 16.5. The number of rotatable bonds is 9. The smallest absolute Gasteiger partial charge is 0.309 e. The van der Waals surface area contributed by atoms with Gasteiger partial charge < -0.3 is 9.53 Å². The number of carbonyl (C=O) groups excluding carboxylic acids is 2. The number of Topliss-reactive ketones (excluding diaryl/α,β-unsaturated/α-hetero) is 1. The monoisotopic (exact) mass is 242 g/mol. The van der Waals surface area contributed by atoms with Crippen LogP contribution in [0.4, 0.5) is 0 Å². The van der Waals surface area contributed by atoms with Gasteiger partial charge >= 0.3 is 5.97 Å². The molecule has 1 unspecified atom stereocenters. The minimum Gasteiger partial charge on any atom is -0.462 e. The molecule has 0 rings (SSSR count). The summed E-state index contributed by atoms with van der Waals surface area (Å²) in [4.78, 5) is 22.4. The first-order valence-electron chi connectivity index (χ1n) is 6.71. The molecule has 0 aliphatic heterocycles. The van der Waals surface area contributed by atoms with Crippen LogP contribution in [0.1, 0.15) is 66.2 Å². The molecule has 0 N–H and O–H groups in total. The van der Waals surface area contributed by atoms with Gasteiger partial charge in [-0.25, -0.2) is 0 Å². The van der Waals surface area contributed by atoms with Crippen LogP contribution in [-0.2, 0) is 14.3 Å². The Kier molecular flexibility index (Phi) is 8.73. The summed E-state index contributed by atoms with van der Waals surface area (Å²) in [5, 5.41) is 0. The quantitative estimate of drug-likeness (QED) is 0.459. The zero-order valence-electron chi connectivity index (χ0n) is 11.6. The first-order chi connectivity index (χ1) is 8.01. The Morgan fingerprint density at radius 3 is 2.18 bits per heavy atom. The third-order valence-electron chi connectivity index (χ3n) is 3.03. The van der Waals surface area contributed by atoms with Gasteiger partial charge in [0.15, 0.2) is 0 Å². The molecule has 100 valence electrons. The summed E-state index contributed by atoms with van der Waals surface area (Å²) in [6.07, 6.45) is 4.96. The number of hydrogen-bond acceptors (Lipinski definition) is 3. The van der Waals surface area contributed by atoms with Gasteiger partial charge in [-0.05, 0) is 46.0 Å². The van der Waals surface area contributed by atoms with Crippen LogP contribution in [-0.4, -0.2) is 17.9 Å². The highest BCUT2D eigenvalue weighted by molar-refractivity contribution is 5.75. The molecule has 0 amide bonds. The Bertz CT molecular complexity index is 232. The van der Waals surface area contributed by atoms with Crippen LogP contribution in [0.25, 0.3) is 0 Å². The molecule has 1 atom stereocenters. The van der Waals surface area contributed by atoms with Gasteiger partial charge in [-0.1, -0.05) is 13.8 Å². The Labute approximate surface area is 105 Å². The zero-order chi connectivity index (χ0) is 13.3. The maximum atomic E-state index is 11.7. The fourth-order valence-electron chi connectivity index (χ4n) is 1.78. The number of hydrogen-bond donors (Lipinski definition) is 0. The molecule has 0 aromatic heterocycles. The van der Waals surface area contributed by atoms with Gasteiger partial charge in [0.25, 0.3) is 0 Å². The topological polar surface area (TPSA) is 43.4 Å². The van der Waals surface area contributed by atoms with Crippen LogP contribution in [0.2, 0.25) is 0 Å². The molecule has 0 aliphatic rings. The highest BCUT2D eigenvalue weighted by Crippen LogP contribution is 2.13. The lowest BCUT2D eigenvalue weighted by Gasteiger charge is -2.17. The van der Waals surface area contributed by atoms with Crippen LogP contribution in [0, 0.1) is 5.92 Å². The molecule has 0 saturated carbocycles. The normalized spacial score (nSPS) is 12.5. The lowest BCUT2D eigenvalue weighted by molar-refractivity contribution is -0.153. The second-order valence-electron chi connectivity index (χ2n) is 4.71. The summed E-state index contributed by atoms with van der Waals surface area (Å²) in [7, 11) is 0. The number of ketones is 1. The van der Waals surface area contributed by atoms with E-state index >= 15 is 0 Å². The van der Waals surface area contributed by atoms with Crippen molar-refractivity contribution in [1.82, 2.24) is 0 Å². The minimum atomic E-state index is -0.0749. The number of esters is 1. The molecule has 3 nitrogen and oxygen atoms in total. The van der Waals surface area contributed by atoms with Crippen molar-refractivity contribution < 1.29 is 14.3 Å². The van der Waals surface area contributed by atoms with E-state index < -0.39 is 0 Å². The van der Waals surface area contributed by atoms with Crippen molar-refractivity contribution in [1.29, 1.82) is 0 Å². The predicted molar refractivity (Wildman–Crippen MR) is 68.8 cm³/mol. The van der Waals surface area contributed by atoms with Crippen molar-refractivity contribution in [3.63, 3.8) is 0 Å². The van der Waals surface area contributed by atoms with E-state index in [0.717, 1.165) is 32.1 Å². The maximum absolute atomic E-state index is 11.7. The van der Waals surface area contributed by atoms with E-state index in [9.17, 15) is 9.59 Å². The van der Waals surface area contributed by atoms with Gasteiger partial charge in [0.1, 0.15) is 5.78 Å². The summed E-state index contributed by atoms with van der Waals surface area (Å²) in [5.41, 5.74) is 0. The van der Waals surface area contributed by atoms with Crippen LogP contribution in [0.15, 0.2) is 0 Å². The standard InChI is InChI=1S/C14H26O3/c1-5-13(6-2)14(16)17-12(4)10-8-7-9-11(3)15/h12-13H,5-10H2,1-4H3. The van der Waals surface area contributed by atoms with Crippen molar-refractivity contribution in [2.24, 2.45) is 5.92 Å². The molecule has 0 fully saturated rings. The second kappa shape index (κ2) is 9.20. The molecule has 0 aromatic carbocycles. The molecular formula is C14H26O3. The molecule has 0 radical (unpaired) electrons. The van der Waals surface area contributed by atoms with Crippen molar-refractivity contribution in [3.05, 3.63) is 0 Å². The second-order valence-corrected chi connectivity index (χ2v) is 4.71. The fourth-order valence-corrected chi connectivity index (χ4v) is 1.78. The first kappa shape index (κ1) is 16.1. The van der Waals surface area contributed by atoms with Gasteiger partial charge in [-0.3, -0.25) is 4.79 Å². The molecule has 0 heterocycles. The van der Waals surface area contributed by atoms with E-state index in [0.29, 0.717) is 6.42 Å². The predicted octanol–water partition coefficient (Wildman–Crippen LogP) is 3.50. The third-order valence-corrected chi connectivity index (χ3v) is 3.03. The van der Waals surface area contributed by atoms with E-state index in [1.807, 2.05) is 20.8 Å². The summed E-state index contributed by atoms with van der Waals surface area (Å²) in [6.45, 7) is 7.55. The van der Waals surface area contributed by atoms with Gasteiger partial charge in [0, 0.05) is 6.42 Å². The fraction of sp³-hybridized carbons (Fsp3) is 0.857. The van der Waals surface area contributed by atoms with Crippen molar-refractivity contribution >= 4 is 11.8 Å². The molecule has 0 aliphatic carbocycles. The van der Waals surface area contributed by atoms with E-state index in [-0.39, 0.29) is 23.8 Å². The Hall–Kier alpha value is -0.860. The van der Waals surface area contributed by atoms with Gasteiger partial charge in [0.2, 0.25) is 0 Å². The minimum absolute atomic E-state index is 0.0324.